The van der Waals surface area contributed by atoms with Gasteiger partial charge in [-0.15, -0.1) is 0 Å². The summed E-state index contributed by atoms with van der Waals surface area (Å²) in [5.41, 5.74) is 0. The molecule has 0 fully saturated rings. The number of hydrogen-bond donors (Lipinski definition) is 3. The van der Waals surface area contributed by atoms with Crippen LogP contribution in [0.5, 0.6) is 0 Å². The Hall–Kier alpha value is 0.375. The van der Waals surface area contributed by atoms with Crippen molar-refractivity contribution < 1.29 is 74.9 Å². The topological polar surface area (TPSA) is 319 Å². The molecule has 0 rings (SSSR count). The molecule has 0 saturated heterocycles. The van der Waals surface area contributed by atoms with Gasteiger partial charge < -0.3 is 74.9 Å². The summed E-state index contributed by atoms with van der Waals surface area (Å²) < 4.78 is 0. The van der Waals surface area contributed by atoms with E-state index in [1.165, 1.54) is 0 Å². The molecule has 0 atom stereocenters. The molecule has 0 saturated carbocycles. The average molecular weight is 419 g/mol. The summed E-state index contributed by atoms with van der Waals surface area (Å²) in [6.07, 6.45) is 0. The molecule has 0 aromatic heterocycles. The minimum Gasteiger partial charge on any atom is -0.907 e. The van der Waals surface area contributed by atoms with Gasteiger partial charge in [-0.25, -0.2) is 0 Å². The summed E-state index contributed by atoms with van der Waals surface area (Å²) in [5.74, 6) is 0. The van der Waals surface area contributed by atoms with Gasteiger partial charge in [-0.2, -0.15) is 0 Å². The molecule has 3 N–H and O–H groups in total. The molecule has 25 heavy (non-hydrogen) atoms. The van der Waals surface area contributed by atoms with E-state index in [-0.39, 0.29) is 69.4 Å². The smallest absolute Gasteiger partial charge is 0.907 e. The Morgan fingerprint density at radius 3 is 0.440 bits per heavy atom. The zero-order valence-corrected chi connectivity index (χ0v) is 16.4. The molecule has 0 unspecified atom stereocenters. The summed E-state index contributed by atoms with van der Waals surface area (Å²) in [6.45, 7) is 1.50. The number of aliphatic hydroxyl groups excluding tert-OH is 3. The Kier molecular flexibility index (Phi) is 222. The van der Waals surface area contributed by atoms with Gasteiger partial charge in [0, 0.05) is 0 Å². The van der Waals surface area contributed by atoms with E-state index in [1.807, 2.05) is 0 Å². The van der Waals surface area contributed by atoms with Crippen molar-refractivity contribution in [3.8, 4) is 0 Å². The van der Waals surface area contributed by atoms with Crippen LogP contribution in [0.15, 0.2) is 0 Å². The molecule has 0 aromatic carbocycles. The van der Waals surface area contributed by atoms with Crippen molar-refractivity contribution >= 4 is 111 Å². The second kappa shape index (κ2) is 87.0. The monoisotopic (exact) mass is 420 g/mol. The van der Waals surface area contributed by atoms with Gasteiger partial charge in [0.1, 0.15) is 0 Å². The second-order valence-corrected chi connectivity index (χ2v) is 1.14. The molecule has 0 aromatic rings. The van der Waals surface area contributed by atoms with Crippen LogP contribution in [-0.2, 0) is 14.4 Å². The molecule has 0 bridgehead atoms. The zero-order chi connectivity index (χ0) is 18.9. The van der Waals surface area contributed by atoms with E-state index in [2.05, 4.69) is 0 Å². The van der Waals surface area contributed by atoms with Crippen molar-refractivity contribution in [2.75, 3.05) is 0 Å². The first-order valence-corrected chi connectivity index (χ1v) is 3.40. The van der Waals surface area contributed by atoms with Gasteiger partial charge in [-0.3, -0.25) is 22.0 Å². The fourth-order valence-corrected chi connectivity index (χ4v) is 0. The third kappa shape index (κ3) is 86900. The van der Waals surface area contributed by atoms with Gasteiger partial charge in [0.2, 0.25) is 0 Å². The Bertz CT molecular complexity index is 141. The van der Waals surface area contributed by atoms with Crippen molar-refractivity contribution in [1.82, 2.24) is 0 Å². The van der Waals surface area contributed by atoms with Crippen LogP contribution in [0, 0.1) is 0 Å². The summed E-state index contributed by atoms with van der Waals surface area (Å²) in [6, 6.07) is 0. The van der Waals surface area contributed by atoms with Gasteiger partial charge in [0.15, 0.2) is 0 Å². The number of rotatable bonds is 0. The normalized spacial score (nSPS) is 4.68. The van der Waals surface area contributed by atoms with Crippen molar-refractivity contribution in [1.29, 1.82) is 0 Å². The van der Waals surface area contributed by atoms with Gasteiger partial charge in [-0.1, -0.05) is 19.4 Å². The summed E-state index contributed by atoms with van der Waals surface area (Å²) in [5, 5.41) is 96.0. The van der Waals surface area contributed by atoms with Crippen molar-refractivity contribution in [3.05, 3.63) is 0 Å². The predicted octanol–water partition coefficient (Wildman–Crippen LogP) is -14.5. The molecule has 0 heterocycles. The van der Waals surface area contributed by atoms with E-state index < -0.39 is 22.0 Å². The van der Waals surface area contributed by atoms with Crippen LogP contribution in [0.2, 0.25) is 0 Å². The molecule has 0 radical (unpaired) electrons. The molecule has 0 aliphatic carbocycles. The molecule has 0 spiro atoms. The Morgan fingerprint density at radius 2 is 0.440 bits per heavy atom. The van der Waals surface area contributed by atoms with E-state index in [1.54, 1.807) is 0 Å². The third-order valence-electron chi connectivity index (χ3n) is 0. The van der Waals surface area contributed by atoms with Crippen LogP contribution in [0.1, 0.15) is 0 Å². The van der Waals surface area contributed by atoms with E-state index in [9.17, 15) is 0 Å². The minimum absolute atomic E-state index is 0. The van der Waals surface area contributed by atoms with Gasteiger partial charge in [0.05, 0.1) is 0 Å². The van der Waals surface area contributed by atoms with Crippen LogP contribution in [0.25, 0.3) is 0 Å². The first-order valence-electron chi connectivity index (χ1n) is 3.40. The van der Waals surface area contributed by atoms with Gasteiger partial charge in [-0.05, 0) is 0 Å². The molecule has 0 aliphatic heterocycles. The van der Waals surface area contributed by atoms with E-state index in [0.29, 0.717) is 19.4 Å². The van der Waals surface area contributed by atoms with Crippen LogP contribution in [0.4, 0.5) is 0 Å². The van der Waals surface area contributed by atoms with Gasteiger partial charge >= 0.3 is 69.4 Å². The maximum absolute atomic E-state index is 8.42. The molecule has 0 amide bonds. The fraction of sp³-hybridized carbons (Fsp3) is 0. The SMILES string of the molecule is O=[C-]O.O=[C-]O.O=[C-]O.[Al+3].[Al+3].[Al+3].[Al+3].[O-]B([O-])[O-].[O-]B([O-])[O-].[O-]B([O-])[O-]. The maximum Gasteiger partial charge on any atom is 3.00 e. The van der Waals surface area contributed by atoms with Crippen LogP contribution >= 0.6 is 0 Å². The molecule has 0 aliphatic rings. The quantitative estimate of drug-likeness (QED) is 0.242. The molecular formula is C3H3Al4B3O15. The largest absolute Gasteiger partial charge is 3.00 e. The van der Waals surface area contributed by atoms with E-state index in [4.69, 9.17) is 74.9 Å². The van der Waals surface area contributed by atoms with Crippen molar-refractivity contribution in [2.45, 2.75) is 0 Å². The molecule has 22 heteroatoms. The van der Waals surface area contributed by atoms with Crippen molar-refractivity contribution in [2.24, 2.45) is 0 Å². The molecule has 126 valence electrons. The van der Waals surface area contributed by atoms with E-state index >= 15 is 0 Å². The summed E-state index contributed by atoms with van der Waals surface area (Å²) >= 11 is 0. The standard InChI is InChI=1S/3CHO2.4Al.3BO3/c3*2-1-3;;;;;3*2-1(3)4/h3*(H,2,3);;;;;;;/q3*-1;4*+3;3*-3. The first-order chi connectivity index (χ1) is 9.44. The average Bonchev–Trinajstić information content (AvgIpc) is 2.16. The Labute approximate surface area is 185 Å². The van der Waals surface area contributed by atoms with Crippen LogP contribution in [0.3, 0.4) is 0 Å². The number of hydrogen-bond acceptors (Lipinski definition) is 12. The maximum atomic E-state index is 8.42. The fourth-order valence-electron chi connectivity index (χ4n) is 0. The minimum atomic E-state index is -2.92. The van der Waals surface area contributed by atoms with Gasteiger partial charge in [0.25, 0.3) is 0 Å². The zero-order valence-electron chi connectivity index (χ0n) is 11.8. The van der Waals surface area contributed by atoms with E-state index in [0.717, 1.165) is 0 Å². The summed E-state index contributed by atoms with van der Waals surface area (Å²) in [7, 11) is -8.75. The molecule has 15 nitrogen and oxygen atoms in total. The third-order valence-corrected chi connectivity index (χ3v) is 0. The first kappa shape index (κ1) is 63.8. The molecular weight excluding hydrogens is 416 g/mol. The Balaban J connectivity index is -0.0000000131. The van der Waals surface area contributed by atoms with Crippen LogP contribution in [-0.4, -0.2) is 126 Å². The van der Waals surface area contributed by atoms with Crippen molar-refractivity contribution in [3.63, 3.8) is 0 Å². The Morgan fingerprint density at radius 1 is 0.440 bits per heavy atom. The predicted molar refractivity (Wildman–Crippen MR) is 65.2 cm³/mol. The van der Waals surface area contributed by atoms with Crippen LogP contribution < -0.4 is 45.2 Å². The second-order valence-electron chi connectivity index (χ2n) is 1.14. The summed E-state index contributed by atoms with van der Waals surface area (Å²) in [4.78, 5) is 24.7.